The summed E-state index contributed by atoms with van der Waals surface area (Å²) in [6.07, 6.45) is 2.11. The lowest BCUT2D eigenvalue weighted by atomic mass is 10.0. The Labute approximate surface area is 173 Å². The van der Waals surface area contributed by atoms with E-state index in [0.29, 0.717) is 12.8 Å². The topological polar surface area (TPSA) is 57.4 Å². The molecule has 0 spiro atoms. The second-order valence-electron chi connectivity index (χ2n) is 7.81. The van der Waals surface area contributed by atoms with Gasteiger partial charge in [-0.25, -0.2) is 0 Å². The first-order valence-electron chi connectivity index (χ1n) is 10.2. The molecular formula is C24H31N3O2. The van der Waals surface area contributed by atoms with Crippen LogP contribution in [0.2, 0.25) is 0 Å². The van der Waals surface area contributed by atoms with Gasteiger partial charge in [0.05, 0.1) is 7.11 Å². The maximum absolute atomic E-state index is 12.5. The third-order valence-electron chi connectivity index (χ3n) is 5.21. The van der Waals surface area contributed by atoms with E-state index < -0.39 is 0 Å². The predicted molar refractivity (Wildman–Crippen MR) is 119 cm³/mol. The van der Waals surface area contributed by atoms with Crippen LogP contribution in [0.4, 0.5) is 0 Å². The Bertz CT molecular complexity index is 944. The second-order valence-corrected chi connectivity index (χ2v) is 7.81. The van der Waals surface area contributed by atoms with Crippen LogP contribution >= 0.6 is 0 Å². The van der Waals surface area contributed by atoms with Crippen molar-refractivity contribution in [3.05, 3.63) is 54.1 Å². The number of aromatic amines is 1. The highest BCUT2D eigenvalue weighted by molar-refractivity contribution is 5.91. The van der Waals surface area contributed by atoms with Gasteiger partial charge in [-0.05, 0) is 81.9 Å². The fourth-order valence-electron chi connectivity index (χ4n) is 3.57. The molecule has 0 fully saturated rings. The highest BCUT2D eigenvalue weighted by Gasteiger charge is 2.15. The molecule has 3 rings (SSSR count). The van der Waals surface area contributed by atoms with Crippen LogP contribution in [-0.2, 0) is 11.2 Å². The molecule has 5 nitrogen and oxygen atoms in total. The summed E-state index contributed by atoms with van der Waals surface area (Å²) in [5, 5.41) is 4.30. The zero-order chi connectivity index (χ0) is 20.8. The van der Waals surface area contributed by atoms with Crippen LogP contribution in [0.15, 0.2) is 48.5 Å². The van der Waals surface area contributed by atoms with Crippen LogP contribution in [0, 0.1) is 0 Å². The quantitative estimate of drug-likeness (QED) is 0.572. The summed E-state index contributed by atoms with van der Waals surface area (Å²) in [5.74, 6) is 0.930. The first kappa shape index (κ1) is 20.9. The van der Waals surface area contributed by atoms with Crippen molar-refractivity contribution in [1.29, 1.82) is 0 Å². The van der Waals surface area contributed by atoms with Crippen LogP contribution in [0.5, 0.6) is 5.75 Å². The number of H-pyrrole nitrogens is 1. The SMILES string of the molecule is COc1ccc(-c2[nH]c3ccccc3c2CCC(=O)NC(C)CCN(C)C)cc1. The summed E-state index contributed by atoms with van der Waals surface area (Å²) in [4.78, 5) is 18.2. The van der Waals surface area contributed by atoms with Gasteiger partial charge in [-0.3, -0.25) is 4.79 Å². The minimum Gasteiger partial charge on any atom is -0.497 e. The molecule has 154 valence electrons. The van der Waals surface area contributed by atoms with Crippen LogP contribution in [-0.4, -0.2) is 49.6 Å². The Morgan fingerprint density at radius 1 is 1.14 bits per heavy atom. The number of methoxy groups -OCH3 is 1. The van der Waals surface area contributed by atoms with Crippen molar-refractivity contribution in [3.63, 3.8) is 0 Å². The largest absolute Gasteiger partial charge is 0.497 e. The van der Waals surface area contributed by atoms with Gasteiger partial charge < -0.3 is 19.9 Å². The Morgan fingerprint density at radius 2 is 1.86 bits per heavy atom. The van der Waals surface area contributed by atoms with E-state index in [4.69, 9.17) is 4.74 Å². The summed E-state index contributed by atoms with van der Waals surface area (Å²) in [6, 6.07) is 16.5. The number of hydrogen-bond acceptors (Lipinski definition) is 3. The Morgan fingerprint density at radius 3 is 2.55 bits per heavy atom. The lowest BCUT2D eigenvalue weighted by Crippen LogP contribution is -2.34. The number of para-hydroxylation sites is 1. The smallest absolute Gasteiger partial charge is 0.220 e. The van der Waals surface area contributed by atoms with E-state index >= 15 is 0 Å². The van der Waals surface area contributed by atoms with Crippen molar-refractivity contribution in [2.75, 3.05) is 27.7 Å². The average molecular weight is 394 g/mol. The van der Waals surface area contributed by atoms with Crippen molar-refractivity contribution < 1.29 is 9.53 Å². The summed E-state index contributed by atoms with van der Waals surface area (Å²) in [7, 11) is 5.76. The zero-order valence-electron chi connectivity index (χ0n) is 17.8. The zero-order valence-corrected chi connectivity index (χ0v) is 17.8. The first-order valence-corrected chi connectivity index (χ1v) is 10.2. The molecule has 0 aliphatic rings. The summed E-state index contributed by atoms with van der Waals surface area (Å²) >= 11 is 0. The average Bonchev–Trinajstić information content (AvgIpc) is 3.09. The number of nitrogens with zero attached hydrogens (tertiary/aromatic N) is 1. The van der Waals surface area contributed by atoms with E-state index in [1.165, 1.54) is 10.9 Å². The van der Waals surface area contributed by atoms with Crippen LogP contribution in [0.25, 0.3) is 22.2 Å². The van der Waals surface area contributed by atoms with Crippen molar-refractivity contribution >= 4 is 16.8 Å². The van der Waals surface area contributed by atoms with Gasteiger partial charge in [-0.2, -0.15) is 0 Å². The monoisotopic (exact) mass is 393 g/mol. The number of ether oxygens (including phenoxy) is 1. The van der Waals surface area contributed by atoms with Crippen molar-refractivity contribution in [1.82, 2.24) is 15.2 Å². The number of aryl methyl sites for hydroxylation is 1. The van der Waals surface area contributed by atoms with Gasteiger partial charge in [-0.1, -0.05) is 18.2 Å². The number of carbonyl (C=O) groups excluding carboxylic acids is 1. The predicted octanol–water partition coefficient (Wildman–Crippen LogP) is 4.23. The molecule has 1 unspecified atom stereocenters. The van der Waals surface area contributed by atoms with Gasteiger partial charge in [-0.15, -0.1) is 0 Å². The molecule has 5 heteroatoms. The molecule has 1 aromatic heterocycles. The van der Waals surface area contributed by atoms with Crippen LogP contribution in [0.3, 0.4) is 0 Å². The van der Waals surface area contributed by atoms with Crippen molar-refractivity contribution in [2.45, 2.75) is 32.2 Å². The highest BCUT2D eigenvalue weighted by atomic mass is 16.5. The minimum absolute atomic E-state index is 0.0993. The number of carbonyl (C=O) groups is 1. The Balaban J connectivity index is 1.76. The summed E-state index contributed by atoms with van der Waals surface area (Å²) in [6.45, 7) is 3.03. The van der Waals surface area contributed by atoms with Gasteiger partial charge in [0.1, 0.15) is 5.75 Å². The minimum atomic E-state index is 0.0993. The van der Waals surface area contributed by atoms with E-state index in [-0.39, 0.29) is 11.9 Å². The maximum Gasteiger partial charge on any atom is 0.220 e. The molecule has 2 N–H and O–H groups in total. The van der Waals surface area contributed by atoms with Crippen LogP contribution in [0.1, 0.15) is 25.3 Å². The molecule has 0 aliphatic carbocycles. The summed E-state index contributed by atoms with van der Waals surface area (Å²) < 4.78 is 5.28. The van der Waals surface area contributed by atoms with Gasteiger partial charge in [0.2, 0.25) is 5.91 Å². The van der Waals surface area contributed by atoms with E-state index in [2.05, 4.69) is 46.4 Å². The number of fused-ring (bicyclic) bond motifs is 1. The molecule has 2 aromatic carbocycles. The Hall–Kier alpha value is -2.79. The van der Waals surface area contributed by atoms with E-state index in [1.54, 1.807) is 7.11 Å². The maximum atomic E-state index is 12.5. The third-order valence-corrected chi connectivity index (χ3v) is 5.21. The van der Waals surface area contributed by atoms with Crippen molar-refractivity contribution in [3.8, 4) is 17.0 Å². The summed E-state index contributed by atoms with van der Waals surface area (Å²) in [5.41, 5.74) is 4.44. The normalized spacial score (nSPS) is 12.3. The van der Waals surface area contributed by atoms with Gasteiger partial charge in [0.25, 0.3) is 0 Å². The molecule has 0 saturated heterocycles. The number of aromatic nitrogens is 1. The molecule has 0 radical (unpaired) electrons. The number of amides is 1. The molecule has 1 heterocycles. The lowest BCUT2D eigenvalue weighted by molar-refractivity contribution is -0.121. The fourth-order valence-corrected chi connectivity index (χ4v) is 3.57. The molecule has 0 aliphatic heterocycles. The number of benzene rings is 2. The molecule has 1 amide bonds. The van der Waals surface area contributed by atoms with E-state index in [9.17, 15) is 4.79 Å². The van der Waals surface area contributed by atoms with Gasteiger partial charge >= 0.3 is 0 Å². The molecule has 0 bridgehead atoms. The molecule has 29 heavy (non-hydrogen) atoms. The highest BCUT2D eigenvalue weighted by Crippen LogP contribution is 2.32. The van der Waals surface area contributed by atoms with Gasteiger partial charge in [0, 0.05) is 29.1 Å². The Kier molecular flexibility index (Phi) is 6.94. The van der Waals surface area contributed by atoms with Crippen molar-refractivity contribution in [2.24, 2.45) is 0 Å². The number of nitrogens with one attached hydrogen (secondary N) is 2. The molecule has 1 atom stereocenters. The van der Waals surface area contributed by atoms with E-state index in [0.717, 1.165) is 35.5 Å². The second kappa shape index (κ2) is 9.61. The molecular weight excluding hydrogens is 362 g/mol. The fraction of sp³-hybridized carbons (Fsp3) is 0.375. The van der Waals surface area contributed by atoms with E-state index in [1.807, 2.05) is 38.4 Å². The number of hydrogen-bond donors (Lipinski definition) is 2. The van der Waals surface area contributed by atoms with Crippen LogP contribution < -0.4 is 10.1 Å². The third kappa shape index (κ3) is 5.39. The standard InChI is InChI=1S/C24H31N3O2/c1-17(15-16-27(2)3)25-23(28)14-13-21-20-7-5-6-8-22(20)26-24(21)18-9-11-19(29-4)12-10-18/h5-12,17,26H,13-16H2,1-4H3,(H,25,28). The molecule has 3 aromatic rings. The number of rotatable bonds is 9. The lowest BCUT2D eigenvalue weighted by Gasteiger charge is -2.16. The van der Waals surface area contributed by atoms with Gasteiger partial charge in [0.15, 0.2) is 0 Å². The first-order chi connectivity index (χ1) is 14.0. The molecule has 0 saturated carbocycles.